The van der Waals surface area contributed by atoms with Crippen molar-refractivity contribution >= 4 is 0 Å². The number of allylic oxidation sites excluding steroid dienone is 4. The molecule has 0 spiro atoms. The molecule has 1 aliphatic rings. The topological polar surface area (TPSA) is 30.5 Å². The third-order valence-corrected chi connectivity index (χ3v) is 6.49. The molecule has 0 aromatic heterocycles. The van der Waals surface area contributed by atoms with Crippen molar-refractivity contribution < 1.29 is 0 Å². The Labute approximate surface area is 210 Å². The molecule has 0 radical (unpaired) electrons. The van der Waals surface area contributed by atoms with E-state index in [1.807, 2.05) is 0 Å². The van der Waals surface area contributed by atoms with Crippen molar-refractivity contribution in [3.05, 3.63) is 60.6 Å². The highest BCUT2D eigenvalue weighted by atomic mass is 15.2. The summed E-state index contributed by atoms with van der Waals surface area (Å²) >= 11 is 0. The highest BCUT2D eigenvalue weighted by Crippen LogP contribution is 2.14. The van der Waals surface area contributed by atoms with Gasteiger partial charge in [0.15, 0.2) is 0 Å². The Balaban J connectivity index is 2.21. The van der Waals surface area contributed by atoms with E-state index < -0.39 is 0 Å². The fraction of sp³-hybridized carbons (Fsp3) is 0.600. The maximum absolute atomic E-state index is 5.32. The monoisotopic (exact) mass is 466 g/mol. The van der Waals surface area contributed by atoms with Crippen molar-refractivity contribution in [3.63, 3.8) is 0 Å². The summed E-state index contributed by atoms with van der Waals surface area (Å²) in [4.78, 5) is 4.65. The molecule has 0 aromatic carbocycles. The highest BCUT2D eigenvalue weighted by Gasteiger charge is 2.11. The van der Waals surface area contributed by atoms with E-state index in [0.717, 1.165) is 69.0 Å². The predicted octanol–water partition coefficient (Wildman–Crippen LogP) is 5.85. The predicted molar refractivity (Wildman–Crippen MR) is 150 cm³/mol. The van der Waals surface area contributed by atoms with Gasteiger partial charge in [-0.3, -0.25) is 0 Å². The van der Waals surface area contributed by atoms with Crippen LogP contribution in [0.3, 0.4) is 0 Å². The van der Waals surface area contributed by atoms with Crippen molar-refractivity contribution in [1.29, 1.82) is 0 Å². The van der Waals surface area contributed by atoms with Gasteiger partial charge >= 0.3 is 0 Å². The van der Waals surface area contributed by atoms with E-state index in [-0.39, 0.29) is 6.04 Å². The molecule has 190 valence electrons. The maximum Gasteiger partial charge on any atom is 0.0622 e. The summed E-state index contributed by atoms with van der Waals surface area (Å²) in [5.41, 5.74) is 4.62. The highest BCUT2D eigenvalue weighted by molar-refractivity contribution is 5.23. The summed E-state index contributed by atoms with van der Waals surface area (Å²) in [6.45, 7) is 21.1. The number of unbranched alkanes of at least 4 members (excludes halogenated alkanes) is 2. The van der Waals surface area contributed by atoms with Gasteiger partial charge in [-0.2, -0.15) is 0 Å². The van der Waals surface area contributed by atoms with Crippen LogP contribution in [0, 0.1) is 18.3 Å². The van der Waals surface area contributed by atoms with E-state index in [0.29, 0.717) is 5.92 Å². The molecule has 2 N–H and O–H groups in total. The van der Waals surface area contributed by atoms with Crippen LogP contribution in [0.1, 0.15) is 65.2 Å². The molecule has 0 saturated carbocycles. The number of terminal acetylenes is 1. The van der Waals surface area contributed by atoms with Gasteiger partial charge in [-0.15, -0.1) is 12.3 Å². The Kier molecular flexibility index (Phi) is 14.9. The molecule has 1 rings (SSSR count). The van der Waals surface area contributed by atoms with Crippen molar-refractivity contribution in [3.8, 4) is 12.3 Å². The van der Waals surface area contributed by atoms with Gasteiger partial charge in [-0.1, -0.05) is 51.3 Å². The van der Waals surface area contributed by atoms with Gasteiger partial charge in [0.1, 0.15) is 0 Å². The van der Waals surface area contributed by atoms with Crippen LogP contribution in [0.4, 0.5) is 0 Å². The number of nitrogens with one attached hydrogen (secondary N) is 2. The van der Waals surface area contributed by atoms with E-state index in [2.05, 4.69) is 92.3 Å². The van der Waals surface area contributed by atoms with Crippen molar-refractivity contribution in [1.82, 2.24) is 20.4 Å². The van der Waals surface area contributed by atoms with Crippen molar-refractivity contribution in [2.75, 3.05) is 40.3 Å². The van der Waals surface area contributed by atoms with Gasteiger partial charge in [0, 0.05) is 56.7 Å². The van der Waals surface area contributed by atoms with Crippen LogP contribution in [0.15, 0.2) is 60.6 Å². The first kappa shape index (κ1) is 29.7. The number of rotatable bonds is 19. The summed E-state index contributed by atoms with van der Waals surface area (Å²) in [6.07, 6.45) is 20.7. The Hall–Kier alpha value is -2.38. The number of likely N-dealkylation sites (N-methyl/N-ethyl adjacent to an activating group) is 2. The second-order valence-corrected chi connectivity index (χ2v) is 9.92. The molecular formula is C30H50N4. The lowest BCUT2D eigenvalue weighted by molar-refractivity contribution is 0.298. The first-order chi connectivity index (χ1) is 16.2. The summed E-state index contributed by atoms with van der Waals surface area (Å²) in [5.74, 6) is 3.32. The molecule has 0 heterocycles. The average Bonchev–Trinajstić information content (AvgIpc) is 2.82. The van der Waals surface area contributed by atoms with E-state index in [9.17, 15) is 0 Å². The van der Waals surface area contributed by atoms with Gasteiger partial charge in [0.25, 0.3) is 0 Å². The van der Waals surface area contributed by atoms with Crippen LogP contribution in [-0.2, 0) is 0 Å². The summed E-state index contributed by atoms with van der Waals surface area (Å²) in [5, 5.41) is 6.99. The third kappa shape index (κ3) is 13.4. The van der Waals surface area contributed by atoms with Crippen molar-refractivity contribution in [2.24, 2.45) is 5.92 Å². The zero-order chi connectivity index (χ0) is 25.3. The first-order valence-corrected chi connectivity index (χ1v) is 13.0. The molecule has 0 bridgehead atoms. The van der Waals surface area contributed by atoms with Gasteiger partial charge in [0.05, 0.1) is 6.04 Å². The quantitative estimate of drug-likeness (QED) is 0.185. The summed E-state index contributed by atoms with van der Waals surface area (Å²) < 4.78 is 0. The second-order valence-electron chi connectivity index (χ2n) is 9.92. The minimum Gasteiger partial charge on any atom is -0.387 e. The van der Waals surface area contributed by atoms with Crippen LogP contribution < -0.4 is 10.6 Å². The van der Waals surface area contributed by atoms with E-state index in [1.54, 1.807) is 0 Å². The third-order valence-electron chi connectivity index (χ3n) is 6.49. The van der Waals surface area contributed by atoms with E-state index in [4.69, 9.17) is 6.42 Å². The van der Waals surface area contributed by atoms with Crippen LogP contribution >= 0.6 is 0 Å². The lowest BCUT2D eigenvalue weighted by atomic mass is 10.0. The second kappa shape index (κ2) is 17.1. The molecule has 0 amide bonds. The lowest BCUT2D eigenvalue weighted by Gasteiger charge is -2.26. The largest absolute Gasteiger partial charge is 0.387 e. The average molecular weight is 467 g/mol. The maximum atomic E-state index is 5.32. The number of nitrogens with zero attached hydrogens (tertiary/aromatic N) is 2. The molecule has 0 aliphatic heterocycles. The molecular weight excluding hydrogens is 416 g/mol. The molecule has 2 atom stereocenters. The fourth-order valence-electron chi connectivity index (χ4n) is 3.89. The Morgan fingerprint density at radius 3 is 2.56 bits per heavy atom. The fourth-order valence-corrected chi connectivity index (χ4v) is 3.89. The number of hydrogen-bond acceptors (Lipinski definition) is 4. The Morgan fingerprint density at radius 2 is 1.88 bits per heavy atom. The Bertz CT molecular complexity index is 739. The molecule has 0 saturated heterocycles. The smallest absolute Gasteiger partial charge is 0.0622 e. The normalized spacial score (nSPS) is 14.6. The zero-order valence-corrected chi connectivity index (χ0v) is 22.5. The minimum absolute atomic E-state index is 0.143. The van der Waals surface area contributed by atoms with Crippen molar-refractivity contribution in [2.45, 2.75) is 71.3 Å². The molecule has 0 fully saturated rings. The number of hydrogen-bond donors (Lipinski definition) is 2. The van der Waals surface area contributed by atoms with Gasteiger partial charge in [-0.25, -0.2) is 0 Å². The Morgan fingerprint density at radius 1 is 1.12 bits per heavy atom. The van der Waals surface area contributed by atoms with Crippen LogP contribution in [-0.4, -0.2) is 56.1 Å². The summed E-state index contributed by atoms with van der Waals surface area (Å²) in [7, 11) is 4.32. The molecule has 1 aliphatic carbocycles. The van der Waals surface area contributed by atoms with Gasteiger partial charge < -0.3 is 20.4 Å². The zero-order valence-electron chi connectivity index (χ0n) is 22.5. The molecule has 4 nitrogen and oxygen atoms in total. The summed E-state index contributed by atoms with van der Waals surface area (Å²) in [6, 6.07) is 0.143. The molecule has 4 heteroatoms. The first-order valence-electron chi connectivity index (χ1n) is 13.0. The van der Waals surface area contributed by atoms with Crippen LogP contribution in [0.25, 0.3) is 0 Å². The minimum atomic E-state index is 0.143. The van der Waals surface area contributed by atoms with E-state index >= 15 is 0 Å². The SMILES string of the molecule is C#CCCCCC(C)CNC(=C)C(C)NC(=C)CCC(=C)N(C)CCN(C)CC1=CCCC=C1. The van der Waals surface area contributed by atoms with Crippen LogP contribution in [0.5, 0.6) is 0 Å². The van der Waals surface area contributed by atoms with Crippen LogP contribution in [0.2, 0.25) is 0 Å². The molecule has 2 unspecified atom stereocenters. The molecule has 0 aromatic rings. The van der Waals surface area contributed by atoms with Gasteiger partial charge in [0.2, 0.25) is 0 Å². The van der Waals surface area contributed by atoms with E-state index in [1.165, 1.54) is 31.3 Å². The standard InChI is InChI=1S/C30H50N4/c1-9-10-11-13-16-25(2)23-31-28(5)29(6)32-26(3)19-20-27(4)34(8)22-21-33(7)24-30-17-14-12-15-18-30/h1,14,17-18,25,29,31-32H,3-5,10-13,15-16,19-24H2,2,6-8H3. The lowest BCUT2D eigenvalue weighted by Crippen LogP contribution is -2.35. The van der Waals surface area contributed by atoms with Gasteiger partial charge in [-0.05, 0) is 64.0 Å². The molecule has 34 heavy (non-hydrogen) atoms.